The van der Waals surface area contributed by atoms with Crippen LogP contribution in [0.5, 0.6) is 0 Å². The Morgan fingerprint density at radius 3 is 2.37 bits per heavy atom. The molecule has 1 heterocycles. The zero-order valence-corrected chi connectivity index (χ0v) is 13.9. The van der Waals surface area contributed by atoms with E-state index in [1.807, 2.05) is 18.7 Å². The van der Waals surface area contributed by atoms with Gasteiger partial charge in [-0.05, 0) is 37.6 Å². The van der Waals surface area contributed by atoms with E-state index in [0.717, 1.165) is 25.3 Å². The Bertz CT molecular complexity index is 303. The first kappa shape index (κ1) is 16.8. The van der Waals surface area contributed by atoms with Crippen molar-refractivity contribution in [3.05, 3.63) is 0 Å². The fraction of sp³-hybridized carbons (Fsp3) is 0.933. The zero-order valence-electron chi connectivity index (χ0n) is 13.1. The van der Waals surface area contributed by atoms with E-state index in [9.17, 15) is 4.79 Å². The van der Waals surface area contributed by atoms with Gasteiger partial charge in [-0.1, -0.05) is 27.7 Å². The van der Waals surface area contributed by atoms with E-state index < -0.39 is 0 Å². The van der Waals surface area contributed by atoms with E-state index in [1.54, 1.807) is 0 Å². The van der Waals surface area contributed by atoms with Gasteiger partial charge < -0.3 is 4.74 Å². The molecule has 1 unspecified atom stereocenters. The van der Waals surface area contributed by atoms with Crippen LogP contribution in [-0.2, 0) is 9.53 Å². The second-order valence-electron chi connectivity index (χ2n) is 5.87. The Hall–Kier alpha value is -0.220. The number of carbonyl (C=O) groups excluding carboxylic acids is 1. The molecule has 0 saturated carbocycles. The Kier molecular flexibility index (Phi) is 6.18. The van der Waals surface area contributed by atoms with Gasteiger partial charge in [-0.2, -0.15) is 11.8 Å². The number of rotatable bonds is 6. The fourth-order valence-electron chi connectivity index (χ4n) is 3.20. The van der Waals surface area contributed by atoms with Gasteiger partial charge in [0.05, 0.1) is 13.0 Å². The molecular formula is C15H29NO2S. The predicted octanol–water partition coefficient (Wildman–Crippen LogP) is 3.18. The summed E-state index contributed by atoms with van der Waals surface area (Å²) in [7, 11) is 0. The molecule has 0 amide bonds. The average Bonchev–Trinajstić information content (AvgIpc) is 2.34. The minimum Gasteiger partial charge on any atom is -0.466 e. The summed E-state index contributed by atoms with van der Waals surface area (Å²) >= 11 is 1.97. The molecule has 0 spiro atoms. The van der Waals surface area contributed by atoms with E-state index in [-0.39, 0.29) is 16.9 Å². The second-order valence-corrected chi connectivity index (χ2v) is 6.98. The highest BCUT2D eigenvalue weighted by atomic mass is 32.2. The van der Waals surface area contributed by atoms with Crippen molar-refractivity contribution >= 4 is 17.7 Å². The van der Waals surface area contributed by atoms with Crippen LogP contribution in [0, 0.1) is 5.41 Å². The third-order valence-electron chi connectivity index (χ3n) is 4.58. The quantitative estimate of drug-likeness (QED) is 0.702. The van der Waals surface area contributed by atoms with Gasteiger partial charge in [-0.25, -0.2) is 0 Å². The SMILES string of the molecule is CCOC(=O)CC1(N(CC)CC)CSCCC1(C)C. The highest BCUT2D eigenvalue weighted by Gasteiger charge is 2.51. The van der Waals surface area contributed by atoms with E-state index >= 15 is 0 Å². The zero-order chi connectivity index (χ0) is 14.5. The molecule has 1 rings (SSSR count). The molecule has 112 valence electrons. The van der Waals surface area contributed by atoms with E-state index in [4.69, 9.17) is 4.74 Å². The fourth-order valence-corrected chi connectivity index (χ4v) is 5.01. The van der Waals surface area contributed by atoms with Gasteiger partial charge in [0.25, 0.3) is 0 Å². The number of ether oxygens (including phenoxy) is 1. The van der Waals surface area contributed by atoms with Crippen molar-refractivity contribution in [3.8, 4) is 0 Å². The third kappa shape index (κ3) is 3.46. The van der Waals surface area contributed by atoms with Crippen LogP contribution in [0.2, 0.25) is 0 Å². The van der Waals surface area contributed by atoms with Gasteiger partial charge in [0, 0.05) is 11.3 Å². The van der Waals surface area contributed by atoms with Crippen molar-refractivity contribution in [2.45, 2.75) is 53.0 Å². The van der Waals surface area contributed by atoms with Crippen LogP contribution in [0.3, 0.4) is 0 Å². The molecular weight excluding hydrogens is 258 g/mol. The smallest absolute Gasteiger partial charge is 0.307 e. The monoisotopic (exact) mass is 287 g/mol. The maximum Gasteiger partial charge on any atom is 0.307 e. The van der Waals surface area contributed by atoms with Crippen LogP contribution in [0.4, 0.5) is 0 Å². The minimum absolute atomic E-state index is 0.0509. The molecule has 1 saturated heterocycles. The van der Waals surface area contributed by atoms with E-state index in [2.05, 4.69) is 32.6 Å². The summed E-state index contributed by atoms with van der Waals surface area (Å²) in [6, 6.07) is 0. The van der Waals surface area contributed by atoms with Gasteiger partial charge in [0.2, 0.25) is 0 Å². The molecule has 0 aromatic rings. The van der Waals surface area contributed by atoms with Gasteiger partial charge in [-0.15, -0.1) is 0 Å². The topological polar surface area (TPSA) is 29.5 Å². The first-order valence-corrected chi connectivity index (χ1v) is 8.57. The van der Waals surface area contributed by atoms with Gasteiger partial charge in [0.1, 0.15) is 0 Å². The molecule has 1 aliphatic rings. The molecule has 0 N–H and O–H groups in total. The van der Waals surface area contributed by atoms with Crippen LogP contribution in [-0.4, -0.2) is 47.6 Å². The normalized spacial score (nSPS) is 26.4. The summed E-state index contributed by atoms with van der Waals surface area (Å²) in [6.45, 7) is 13.3. The number of esters is 1. The van der Waals surface area contributed by atoms with Crippen molar-refractivity contribution in [1.29, 1.82) is 0 Å². The molecule has 0 aliphatic carbocycles. The summed E-state index contributed by atoms with van der Waals surface area (Å²) in [4.78, 5) is 14.6. The lowest BCUT2D eigenvalue weighted by Crippen LogP contribution is -2.62. The number of hydrogen-bond acceptors (Lipinski definition) is 4. The Morgan fingerprint density at radius 2 is 1.89 bits per heavy atom. The number of carbonyl (C=O) groups is 1. The largest absolute Gasteiger partial charge is 0.466 e. The van der Waals surface area contributed by atoms with E-state index in [1.165, 1.54) is 5.75 Å². The third-order valence-corrected chi connectivity index (χ3v) is 5.76. The van der Waals surface area contributed by atoms with Crippen molar-refractivity contribution in [1.82, 2.24) is 4.90 Å². The van der Waals surface area contributed by atoms with Gasteiger partial charge >= 0.3 is 5.97 Å². The molecule has 4 heteroatoms. The van der Waals surface area contributed by atoms with Crippen molar-refractivity contribution in [2.75, 3.05) is 31.2 Å². The van der Waals surface area contributed by atoms with Crippen LogP contribution in [0.25, 0.3) is 0 Å². The summed E-state index contributed by atoms with van der Waals surface area (Å²) < 4.78 is 5.23. The second kappa shape index (κ2) is 6.98. The maximum atomic E-state index is 12.1. The Labute approximate surface area is 122 Å². The highest BCUT2D eigenvalue weighted by Crippen LogP contribution is 2.48. The van der Waals surface area contributed by atoms with Gasteiger partial charge in [-0.3, -0.25) is 9.69 Å². The summed E-state index contributed by atoms with van der Waals surface area (Å²) in [5.74, 6) is 2.17. The average molecular weight is 287 g/mol. The molecule has 1 aliphatic heterocycles. The molecule has 19 heavy (non-hydrogen) atoms. The van der Waals surface area contributed by atoms with Crippen molar-refractivity contribution in [3.63, 3.8) is 0 Å². The first-order valence-electron chi connectivity index (χ1n) is 7.42. The Balaban J connectivity index is 3.04. The van der Waals surface area contributed by atoms with Gasteiger partial charge in [0.15, 0.2) is 0 Å². The first-order chi connectivity index (χ1) is 8.93. The van der Waals surface area contributed by atoms with Crippen molar-refractivity contribution < 1.29 is 9.53 Å². The molecule has 0 radical (unpaired) electrons. The van der Waals surface area contributed by atoms with Crippen molar-refractivity contribution in [2.24, 2.45) is 5.41 Å². The standard InChI is InChI=1S/C15H29NO2S/c1-6-16(7-2)15(11-13(17)18-8-3)12-19-10-9-14(15,4)5/h6-12H2,1-5H3. The number of hydrogen-bond donors (Lipinski definition) is 0. The minimum atomic E-state index is -0.0638. The molecule has 1 atom stereocenters. The lowest BCUT2D eigenvalue weighted by atomic mass is 9.68. The maximum absolute atomic E-state index is 12.1. The molecule has 1 fully saturated rings. The number of thioether (sulfide) groups is 1. The Morgan fingerprint density at radius 1 is 1.26 bits per heavy atom. The highest BCUT2D eigenvalue weighted by molar-refractivity contribution is 7.99. The van der Waals surface area contributed by atoms with E-state index in [0.29, 0.717) is 13.0 Å². The summed E-state index contributed by atoms with van der Waals surface area (Å²) in [6.07, 6.45) is 1.68. The summed E-state index contributed by atoms with van der Waals surface area (Å²) in [5.41, 5.74) is 0.0860. The molecule has 0 aromatic heterocycles. The van der Waals surface area contributed by atoms with Crippen LogP contribution in [0.15, 0.2) is 0 Å². The predicted molar refractivity (Wildman–Crippen MR) is 82.6 cm³/mol. The molecule has 3 nitrogen and oxygen atoms in total. The molecule has 0 aromatic carbocycles. The summed E-state index contributed by atoms with van der Waals surface area (Å²) in [5, 5.41) is 0. The van der Waals surface area contributed by atoms with Crippen LogP contribution in [0.1, 0.15) is 47.5 Å². The number of nitrogens with zero attached hydrogens (tertiary/aromatic N) is 1. The molecule has 0 bridgehead atoms. The van der Waals surface area contributed by atoms with Crippen LogP contribution >= 0.6 is 11.8 Å². The lowest BCUT2D eigenvalue weighted by molar-refractivity contribution is -0.149. The van der Waals surface area contributed by atoms with Crippen LogP contribution < -0.4 is 0 Å². The lowest BCUT2D eigenvalue weighted by Gasteiger charge is -2.55.